The molecule has 4 nitrogen and oxygen atoms in total. The molecule has 1 aromatic heterocycles. The number of nitrogens with one attached hydrogen (secondary N) is 1. The van der Waals surface area contributed by atoms with E-state index in [0.717, 1.165) is 16.6 Å². The summed E-state index contributed by atoms with van der Waals surface area (Å²) in [5, 5.41) is 6.50. The number of carbonyl (C=O) groups is 1. The number of amides is 1. The predicted molar refractivity (Wildman–Crippen MR) is 132 cm³/mol. The zero-order chi connectivity index (χ0) is 19.5. The molecule has 0 radical (unpaired) electrons. The topological polar surface area (TPSA) is 46.4 Å². The van der Waals surface area contributed by atoms with E-state index in [0.29, 0.717) is 13.0 Å². The molecule has 6 heteroatoms. The molecule has 0 spiro atoms. The molecule has 0 unspecified atom stereocenters. The van der Waals surface area contributed by atoms with Gasteiger partial charge in [-0.25, -0.2) is 5.43 Å². The van der Waals surface area contributed by atoms with Crippen LogP contribution in [0, 0.1) is 7.14 Å². The Kier molecular flexibility index (Phi) is 5.96. The average Bonchev–Trinajstić information content (AvgIpc) is 2.99. The summed E-state index contributed by atoms with van der Waals surface area (Å²) in [5.41, 5.74) is 5.88. The molecular weight excluding hydrogens is 576 g/mol. The van der Waals surface area contributed by atoms with E-state index < -0.39 is 0 Å². The van der Waals surface area contributed by atoms with Gasteiger partial charge in [-0.1, -0.05) is 30.3 Å². The van der Waals surface area contributed by atoms with Crippen molar-refractivity contribution >= 4 is 79.1 Å². The highest BCUT2D eigenvalue weighted by atomic mass is 127. The van der Waals surface area contributed by atoms with Gasteiger partial charge in [-0.05, 0) is 87.1 Å². The molecule has 140 valence electrons. The van der Waals surface area contributed by atoms with Crippen LogP contribution < -0.4 is 5.43 Å². The Balaban J connectivity index is 1.54. The van der Waals surface area contributed by atoms with E-state index in [2.05, 4.69) is 96.7 Å². The number of hydrogen-bond donors (Lipinski definition) is 1. The van der Waals surface area contributed by atoms with Gasteiger partial charge in [-0.15, -0.1) is 0 Å². The number of rotatable bonds is 5. The van der Waals surface area contributed by atoms with Crippen LogP contribution in [0.1, 0.15) is 12.0 Å². The van der Waals surface area contributed by atoms with Gasteiger partial charge in [-0.2, -0.15) is 5.10 Å². The van der Waals surface area contributed by atoms with E-state index in [1.807, 2.05) is 30.3 Å². The zero-order valence-corrected chi connectivity index (χ0v) is 19.2. The third-order valence-corrected chi connectivity index (χ3v) is 5.90. The van der Waals surface area contributed by atoms with Crippen molar-refractivity contribution in [2.75, 3.05) is 0 Å². The Bertz CT molecular complexity index is 1120. The fraction of sp³-hybridized carbons (Fsp3) is 0.0909. The Labute approximate surface area is 190 Å². The number of fused-ring (bicyclic) bond motifs is 3. The molecule has 0 aliphatic rings. The van der Waals surface area contributed by atoms with E-state index in [9.17, 15) is 4.79 Å². The van der Waals surface area contributed by atoms with Crippen molar-refractivity contribution in [1.29, 1.82) is 0 Å². The predicted octanol–water partition coefficient (Wildman–Crippen LogP) is 5.54. The summed E-state index contributed by atoms with van der Waals surface area (Å²) >= 11 is 4.68. The standard InChI is InChI=1S/C22H17I2N3O/c23-16-6-8-20-18(12-16)19-13-17(24)7-9-21(19)27(20)11-10-22(28)26-25-14-15-4-2-1-3-5-15/h1-9,12-14H,10-11H2,(H,26,28)/b25-14-. The summed E-state index contributed by atoms with van der Waals surface area (Å²) in [6.45, 7) is 0.605. The minimum atomic E-state index is -0.0989. The Morgan fingerprint density at radius 2 is 1.54 bits per heavy atom. The van der Waals surface area contributed by atoms with Gasteiger partial charge in [0.05, 0.1) is 6.21 Å². The molecule has 4 aromatic rings. The van der Waals surface area contributed by atoms with Crippen LogP contribution in [0.25, 0.3) is 21.8 Å². The normalized spacial score (nSPS) is 11.5. The van der Waals surface area contributed by atoms with Crippen LogP contribution in [-0.2, 0) is 11.3 Å². The number of aromatic nitrogens is 1. The quantitative estimate of drug-likeness (QED) is 0.185. The minimum Gasteiger partial charge on any atom is -0.340 e. The highest BCUT2D eigenvalue weighted by Crippen LogP contribution is 2.31. The first kappa shape index (κ1) is 19.4. The van der Waals surface area contributed by atoms with E-state index in [1.165, 1.54) is 17.9 Å². The number of carbonyl (C=O) groups excluding carboxylic acids is 1. The van der Waals surface area contributed by atoms with Crippen LogP contribution in [0.3, 0.4) is 0 Å². The summed E-state index contributed by atoms with van der Waals surface area (Å²) in [4.78, 5) is 12.3. The monoisotopic (exact) mass is 593 g/mol. The molecular formula is C22H17I2N3O. The summed E-state index contributed by atoms with van der Waals surface area (Å²) in [7, 11) is 0. The van der Waals surface area contributed by atoms with Crippen molar-refractivity contribution in [1.82, 2.24) is 9.99 Å². The molecule has 0 aliphatic heterocycles. The highest BCUT2D eigenvalue weighted by Gasteiger charge is 2.12. The van der Waals surface area contributed by atoms with Crippen LogP contribution in [0.2, 0.25) is 0 Å². The first-order chi connectivity index (χ1) is 13.6. The van der Waals surface area contributed by atoms with Crippen LogP contribution in [0.15, 0.2) is 71.8 Å². The van der Waals surface area contributed by atoms with Gasteiger partial charge in [0.2, 0.25) is 5.91 Å². The third kappa shape index (κ3) is 4.22. The van der Waals surface area contributed by atoms with Gasteiger partial charge in [0, 0.05) is 41.9 Å². The van der Waals surface area contributed by atoms with Gasteiger partial charge in [-0.3, -0.25) is 4.79 Å². The van der Waals surface area contributed by atoms with Crippen molar-refractivity contribution in [3.05, 3.63) is 79.4 Å². The Morgan fingerprint density at radius 3 is 2.14 bits per heavy atom. The maximum Gasteiger partial charge on any atom is 0.241 e. The van der Waals surface area contributed by atoms with Gasteiger partial charge < -0.3 is 4.57 Å². The SMILES string of the molecule is O=C(CCn1c2ccc(I)cc2c2cc(I)ccc21)N/N=C\c1ccccc1. The lowest BCUT2D eigenvalue weighted by Gasteiger charge is -2.07. The Morgan fingerprint density at radius 1 is 0.929 bits per heavy atom. The van der Waals surface area contributed by atoms with Crippen molar-refractivity contribution in [3.8, 4) is 0 Å². The van der Waals surface area contributed by atoms with Gasteiger partial charge in [0.25, 0.3) is 0 Å². The molecule has 1 N–H and O–H groups in total. The summed E-state index contributed by atoms with van der Waals surface area (Å²) < 4.78 is 4.63. The lowest BCUT2D eigenvalue weighted by atomic mass is 10.2. The van der Waals surface area contributed by atoms with E-state index in [4.69, 9.17) is 0 Å². The van der Waals surface area contributed by atoms with Gasteiger partial charge in [0.1, 0.15) is 0 Å². The van der Waals surface area contributed by atoms with Crippen LogP contribution >= 0.6 is 45.2 Å². The summed E-state index contributed by atoms with van der Waals surface area (Å²) in [5.74, 6) is -0.0989. The third-order valence-electron chi connectivity index (χ3n) is 4.55. The molecule has 0 bridgehead atoms. The summed E-state index contributed by atoms with van der Waals surface area (Å²) in [6, 6.07) is 22.6. The first-order valence-corrected chi connectivity index (χ1v) is 11.0. The first-order valence-electron chi connectivity index (χ1n) is 8.86. The average molecular weight is 593 g/mol. The second-order valence-electron chi connectivity index (χ2n) is 6.43. The molecule has 0 saturated carbocycles. The number of nitrogens with zero attached hydrogens (tertiary/aromatic N) is 2. The molecule has 1 amide bonds. The molecule has 0 fully saturated rings. The maximum atomic E-state index is 12.3. The van der Waals surface area contributed by atoms with Crippen molar-refractivity contribution in [2.45, 2.75) is 13.0 Å². The number of hydrazone groups is 1. The molecule has 0 atom stereocenters. The summed E-state index contributed by atoms with van der Waals surface area (Å²) in [6.07, 6.45) is 2.02. The van der Waals surface area contributed by atoms with Gasteiger partial charge >= 0.3 is 0 Å². The molecule has 28 heavy (non-hydrogen) atoms. The van der Waals surface area contributed by atoms with Gasteiger partial charge in [0.15, 0.2) is 0 Å². The highest BCUT2D eigenvalue weighted by molar-refractivity contribution is 14.1. The molecule has 0 saturated heterocycles. The van der Waals surface area contributed by atoms with Crippen molar-refractivity contribution < 1.29 is 4.79 Å². The second kappa shape index (κ2) is 8.60. The fourth-order valence-corrected chi connectivity index (χ4v) is 4.26. The lowest BCUT2D eigenvalue weighted by Crippen LogP contribution is -2.19. The number of halogens is 2. The Hall–Kier alpha value is -1.94. The van der Waals surface area contributed by atoms with E-state index in [-0.39, 0.29) is 5.91 Å². The van der Waals surface area contributed by atoms with Crippen molar-refractivity contribution in [3.63, 3.8) is 0 Å². The molecule has 3 aromatic carbocycles. The zero-order valence-electron chi connectivity index (χ0n) is 14.9. The second-order valence-corrected chi connectivity index (χ2v) is 8.92. The fourth-order valence-electron chi connectivity index (χ4n) is 3.28. The smallest absolute Gasteiger partial charge is 0.241 e. The number of aryl methyl sites for hydroxylation is 1. The van der Waals surface area contributed by atoms with E-state index >= 15 is 0 Å². The molecule has 1 heterocycles. The van der Waals surface area contributed by atoms with Crippen LogP contribution in [0.4, 0.5) is 0 Å². The molecule has 0 aliphatic carbocycles. The minimum absolute atomic E-state index is 0.0989. The van der Waals surface area contributed by atoms with Crippen LogP contribution in [0.5, 0.6) is 0 Å². The number of benzene rings is 3. The van der Waals surface area contributed by atoms with E-state index in [1.54, 1.807) is 6.21 Å². The van der Waals surface area contributed by atoms with Crippen molar-refractivity contribution in [2.24, 2.45) is 5.10 Å². The number of hydrogen-bond acceptors (Lipinski definition) is 2. The molecule has 4 rings (SSSR count). The van der Waals surface area contributed by atoms with Crippen LogP contribution in [-0.4, -0.2) is 16.7 Å². The lowest BCUT2D eigenvalue weighted by molar-refractivity contribution is -0.121. The maximum absolute atomic E-state index is 12.3. The largest absolute Gasteiger partial charge is 0.340 e.